The molecule has 2 aliphatic rings. The first-order chi connectivity index (χ1) is 5.75. The van der Waals surface area contributed by atoms with Gasteiger partial charge < -0.3 is 5.11 Å². The summed E-state index contributed by atoms with van der Waals surface area (Å²) in [5, 5.41) is 9.86. The lowest BCUT2D eigenvalue weighted by Gasteiger charge is -2.20. The highest BCUT2D eigenvalue weighted by Gasteiger charge is 2.39. The highest BCUT2D eigenvalue weighted by molar-refractivity contribution is 8.01. The van der Waals surface area contributed by atoms with E-state index in [1.165, 1.54) is 25.7 Å². The molecule has 0 saturated heterocycles. The molecule has 0 aromatic carbocycles. The number of fused-ring (bicyclic) bond motifs is 2. The average molecular weight is 202 g/mol. The van der Waals surface area contributed by atoms with E-state index in [-0.39, 0.29) is 5.05 Å². The molecule has 3 unspecified atom stereocenters. The summed E-state index contributed by atoms with van der Waals surface area (Å²) >= 11 is 6.52. The molecule has 1 N–H and O–H groups in total. The van der Waals surface area contributed by atoms with E-state index in [1.54, 1.807) is 0 Å². The number of hydrogen-bond acceptors (Lipinski definition) is 2. The Labute approximate surface area is 82.9 Å². The minimum absolute atomic E-state index is 0.169. The zero-order valence-electron chi connectivity index (χ0n) is 7.03. The summed E-state index contributed by atoms with van der Waals surface area (Å²) in [6.45, 7) is 0. The van der Waals surface area contributed by atoms with Crippen LogP contribution in [0.2, 0.25) is 0 Å². The van der Waals surface area contributed by atoms with Gasteiger partial charge in [0.05, 0.1) is 5.75 Å². The van der Waals surface area contributed by atoms with Crippen LogP contribution in [0.1, 0.15) is 25.7 Å². The van der Waals surface area contributed by atoms with E-state index >= 15 is 0 Å². The van der Waals surface area contributed by atoms with Crippen molar-refractivity contribution in [1.29, 1.82) is 0 Å². The van der Waals surface area contributed by atoms with E-state index in [9.17, 15) is 0 Å². The summed E-state index contributed by atoms with van der Waals surface area (Å²) < 4.78 is 0. The van der Waals surface area contributed by atoms with Crippen LogP contribution in [0, 0.1) is 11.8 Å². The SMILES string of the molecule is OC(=S)CSC1CC2CCC1C2. The van der Waals surface area contributed by atoms with E-state index in [2.05, 4.69) is 12.2 Å². The Morgan fingerprint density at radius 1 is 1.42 bits per heavy atom. The highest BCUT2D eigenvalue weighted by atomic mass is 32.2. The lowest BCUT2D eigenvalue weighted by molar-refractivity contribution is 0.492. The Balaban J connectivity index is 1.79. The zero-order valence-corrected chi connectivity index (χ0v) is 8.66. The predicted octanol–water partition coefficient (Wildman–Crippen LogP) is 2.79. The number of hydrogen-bond donors (Lipinski definition) is 1. The summed E-state index contributed by atoms with van der Waals surface area (Å²) in [6.07, 6.45) is 5.68. The molecular formula is C9H14OS2. The van der Waals surface area contributed by atoms with E-state index < -0.39 is 0 Å². The zero-order chi connectivity index (χ0) is 8.55. The van der Waals surface area contributed by atoms with Crippen LogP contribution in [0.25, 0.3) is 0 Å². The topological polar surface area (TPSA) is 20.2 Å². The molecule has 0 aliphatic heterocycles. The fourth-order valence-corrected chi connectivity index (χ4v) is 4.06. The second-order valence-corrected chi connectivity index (χ2v) is 5.62. The van der Waals surface area contributed by atoms with Crippen molar-refractivity contribution >= 4 is 29.0 Å². The summed E-state index contributed by atoms with van der Waals surface area (Å²) in [5.74, 6) is 2.61. The van der Waals surface area contributed by atoms with Gasteiger partial charge in [-0.2, -0.15) is 0 Å². The first-order valence-corrected chi connectivity index (χ1v) is 6.05. The number of aliphatic hydroxyl groups is 1. The molecule has 2 aliphatic carbocycles. The molecule has 0 radical (unpaired) electrons. The van der Waals surface area contributed by atoms with Gasteiger partial charge in [-0.05, 0) is 43.3 Å². The number of thiocarbonyl (C=S) groups is 1. The van der Waals surface area contributed by atoms with Gasteiger partial charge >= 0.3 is 0 Å². The minimum atomic E-state index is 0.169. The maximum atomic E-state index is 8.89. The van der Waals surface area contributed by atoms with Crippen LogP contribution >= 0.6 is 24.0 Å². The first-order valence-electron chi connectivity index (χ1n) is 4.59. The molecule has 2 fully saturated rings. The number of thioether (sulfide) groups is 1. The molecule has 1 nitrogen and oxygen atoms in total. The largest absolute Gasteiger partial charge is 0.501 e. The van der Waals surface area contributed by atoms with Gasteiger partial charge in [0, 0.05) is 5.25 Å². The van der Waals surface area contributed by atoms with Gasteiger partial charge in [0.15, 0.2) is 5.05 Å². The smallest absolute Gasteiger partial charge is 0.166 e. The third-order valence-corrected chi connectivity index (χ3v) is 4.87. The van der Waals surface area contributed by atoms with Crippen molar-refractivity contribution in [3.05, 3.63) is 0 Å². The van der Waals surface area contributed by atoms with E-state index in [0.29, 0.717) is 5.75 Å². The molecular weight excluding hydrogens is 188 g/mol. The van der Waals surface area contributed by atoms with Gasteiger partial charge in [0.2, 0.25) is 0 Å². The second kappa shape index (κ2) is 3.54. The van der Waals surface area contributed by atoms with Crippen LogP contribution in [-0.2, 0) is 0 Å². The van der Waals surface area contributed by atoms with Crippen molar-refractivity contribution in [3.8, 4) is 0 Å². The minimum Gasteiger partial charge on any atom is -0.501 e. The quantitative estimate of drug-likeness (QED) is 0.711. The first kappa shape index (κ1) is 8.82. The van der Waals surface area contributed by atoms with Gasteiger partial charge in [0.1, 0.15) is 0 Å². The second-order valence-electron chi connectivity index (χ2n) is 3.92. The Hall–Kier alpha value is 0.240. The standard InChI is InChI=1S/C9H14OS2/c10-9(11)5-12-8-4-6-1-2-7(8)3-6/h6-8H,1-5H2,(H,10,11). The van der Waals surface area contributed by atoms with Crippen molar-refractivity contribution in [2.75, 3.05) is 5.75 Å². The Kier molecular flexibility index (Phi) is 2.60. The Morgan fingerprint density at radius 2 is 2.25 bits per heavy atom. The van der Waals surface area contributed by atoms with Gasteiger partial charge in [-0.25, -0.2) is 0 Å². The molecule has 2 saturated carbocycles. The summed E-state index contributed by atoms with van der Waals surface area (Å²) in [7, 11) is 0. The van der Waals surface area contributed by atoms with Gasteiger partial charge in [-0.1, -0.05) is 6.42 Å². The molecule has 2 rings (SSSR count). The molecule has 0 spiro atoms. The van der Waals surface area contributed by atoms with Crippen molar-refractivity contribution < 1.29 is 5.11 Å². The molecule has 0 heterocycles. The van der Waals surface area contributed by atoms with Crippen LogP contribution in [0.4, 0.5) is 0 Å². The summed E-state index contributed by atoms with van der Waals surface area (Å²) in [4.78, 5) is 0. The maximum absolute atomic E-state index is 8.89. The molecule has 3 heteroatoms. The molecule has 0 amide bonds. The van der Waals surface area contributed by atoms with E-state index in [0.717, 1.165) is 17.1 Å². The summed E-state index contributed by atoms with van der Waals surface area (Å²) in [5.41, 5.74) is 0. The maximum Gasteiger partial charge on any atom is 0.166 e. The third kappa shape index (κ3) is 1.77. The van der Waals surface area contributed by atoms with Gasteiger partial charge in [-0.15, -0.1) is 11.8 Å². The third-order valence-electron chi connectivity index (χ3n) is 3.09. The normalized spacial score (nSPS) is 38.8. The molecule has 0 aromatic rings. The van der Waals surface area contributed by atoms with Crippen molar-refractivity contribution in [3.63, 3.8) is 0 Å². The van der Waals surface area contributed by atoms with Crippen LogP contribution in [-0.4, -0.2) is 21.2 Å². The van der Waals surface area contributed by atoms with Gasteiger partial charge in [0.25, 0.3) is 0 Å². The molecule has 3 atom stereocenters. The van der Waals surface area contributed by atoms with Crippen LogP contribution < -0.4 is 0 Å². The predicted molar refractivity (Wildman–Crippen MR) is 56.9 cm³/mol. The lowest BCUT2D eigenvalue weighted by Crippen LogP contribution is -2.14. The van der Waals surface area contributed by atoms with Crippen molar-refractivity contribution in [2.24, 2.45) is 11.8 Å². The van der Waals surface area contributed by atoms with Gasteiger partial charge in [-0.3, -0.25) is 0 Å². The number of rotatable bonds is 3. The van der Waals surface area contributed by atoms with E-state index in [4.69, 9.17) is 5.11 Å². The fraction of sp³-hybridized carbons (Fsp3) is 0.889. The number of aliphatic hydroxyl groups excluding tert-OH is 1. The molecule has 0 aromatic heterocycles. The van der Waals surface area contributed by atoms with Crippen LogP contribution in [0.5, 0.6) is 0 Å². The Bertz CT molecular complexity index is 193. The molecule has 12 heavy (non-hydrogen) atoms. The fourth-order valence-electron chi connectivity index (χ4n) is 2.57. The molecule has 68 valence electrons. The monoisotopic (exact) mass is 202 g/mol. The highest BCUT2D eigenvalue weighted by Crippen LogP contribution is 2.49. The van der Waals surface area contributed by atoms with E-state index in [1.807, 2.05) is 11.8 Å². The average Bonchev–Trinajstić information content (AvgIpc) is 2.60. The summed E-state index contributed by atoms with van der Waals surface area (Å²) in [6, 6.07) is 0. The molecule has 2 bridgehead atoms. The van der Waals surface area contributed by atoms with Crippen molar-refractivity contribution in [2.45, 2.75) is 30.9 Å². The van der Waals surface area contributed by atoms with Crippen LogP contribution in [0.3, 0.4) is 0 Å². The Morgan fingerprint density at radius 3 is 2.75 bits per heavy atom. The van der Waals surface area contributed by atoms with Crippen molar-refractivity contribution in [1.82, 2.24) is 0 Å². The van der Waals surface area contributed by atoms with Crippen LogP contribution in [0.15, 0.2) is 0 Å². The lowest BCUT2D eigenvalue weighted by atomic mass is 10.0.